The Balaban J connectivity index is 1.55. The minimum absolute atomic E-state index is 0.0884. The molecule has 0 fully saturated rings. The van der Waals surface area contributed by atoms with Gasteiger partial charge in [0.2, 0.25) is 5.91 Å². The number of pyridine rings is 3. The first-order chi connectivity index (χ1) is 19.5. The maximum Gasteiger partial charge on any atom is 0.277 e. The van der Waals surface area contributed by atoms with Gasteiger partial charge in [-0.15, -0.1) is 0 Å². The number of hydrogen-bond donors (Lipinski definition) is 1. The number of halogens is 3. The summed E-state index contributed by atoms with van der Waals surface area (Å²) in [6.07, 6.45) is 7.18. The lowest BCUT2D eigenvalue weighted by molar-refractivity contribution is -0.120. The van der Waals surface area contributed by atoms with Crippen molar-refractivity contribution in [1.82, 2.24) is 29.8 Å². The molecular weight excluding hydrogens is 554 g/mol. The third-order valence-corrected chi connectivity index (χ3v) is 7.09. The number of amides is 1. The molecule has 0 saturated carbocycles. The van der Waals surface area contributed by atoms with E-state index in [2.05, 4.69) is 25.3 Å². The number of nitrogens with zero attached hydrogens (tertiary/aromatic N) is 5. The molecule has 0 aliphatic carbocycles. The number of fused-ring (bicyclic) bond motifs is 3. The van der Waals surface area contributed by atoms with Crippen LogP contribution in [0.25, 0.3) is 17.1 Å². The predicted molar refractivity (Wildman–Crippen MR) is 148 cm³/mol. The van der Waals surface area contributed by atoms with Gasteiger partial charge in [-0.05, 0) is 57.2 Å². The fourth-order valence-corrected chi connectivity index (χ4v) is 4.99. The van der Waals surface area contributed by atoms with Crippen LogP contribution in [0.1, 0.15) is 56.4 Å². The Kier molecular flexibility index (Phi) is 7.81. The monoisotopic (exact) mass is 580 g/mol. The summed E-state index contributed by atoms with van der Waals surface area (Å²) in [5.41, 5.74) is 1.76. The third kappa shape index (κ3) is 5.95. The molecule has 5 heterocycles. The van der Waals surface area contributed by atoms with Gasteiger partial charge < -0.3 is 10.1 Å². The number of rotatable bonds is 6. The highest BCUT2D eigenvalue weighted by molar-refractivity contribution is 6.31. The molecule has 1 aliphatic heterocycles. The molecule has 1 aliphatic rings. The van der Waals surface area contributed by atoms with E-state index < -0.39 is 22.7 Å². The Morgan fingerprint density at radius 1 is 1.10 bits per heavy atom. The summed E-state index contributed by atoms with van der Waals surface area (Å²) < 4.78 is 34.5. The van der Waals surface area contributed by atoms with Gasteiger partial charge in [-0.25, -0.2) is 18.7 Å². The average Bonchev–Trinajstić information content (AvgIpc) is 2.91. The fraction of sp³-hybridized carbons (Fsp3) is 0.310. The molecule has 41 heavy (non-hydrogen) atoms. The average molecular weight is 581 g/mol. The summed E-state index contributed by atoms with van der Waals surface area (Å²) in [6.45, 7) is 4.71. The van der Waals surface area contributed by atoms with E-state index in [1.807, 2.05) is 0 Å². The fourth-order valence-electron chi connectivity index (χ4n) is 4.80. The Labute approximate surface area is 239 Å². The van der Waals surface area contributed by atoms with Gasteiger partial charge in [0.1, 0.15) is 28.9 Å². The lowest BCUT2D eigenvalue weighted by Gasteiger charge is -2.24. The Bertz CT molecular complexity index is 1710. The second kappa shape index (κ2) is 11.3. The first-order valence-corrected chi connectivity index (χ1v) is 13.4. The molecule has 0 spiro atoms. The number of carbonyl (C=O) groups is 1. The number of carbonyl (C=O) groups excluding carboxylic acids is 1. The number of nitrogens with one attached hydrogen (secondary N) is 1. The molecule has 1 N–H and O–H groups in total. The van der Waals surface area contributed by atoms with Crippen molar-refractivity contribution in [2.75, 3.05) is 0 Å². The summed E-state index contributed by atoms with van der Waals surface area (Å²) >= 11 is 6.49. The quantitative estimate of drug-likeness (QED) is 0.347. The highest BCUT2D eigenvalue weighted by atomic mass is 35.5. The highest BCUT2D eigenvalue weighted by Crippen LogP contribution is 2.31. The van der Waals surface area contributed by atoms with Crippen LogP contribution in [0.2, 0.25) is 5.02 Å². The van der Waals surface area contributed by atoms with Gasteiger partial charge in [-0.1, -0.05) is 11.6 Å². The molecule has 1 amide bonds. The Hall–Kier alpha value is -4.25. The summed E-state index contributed by atoms with van der Waals surface area (Å²) in [7, 11) is 0. The normalized spacial score (nSPS) is 13.0. The van der Waals surface area contributed by atoms with Crippen LogP contribution in [0.15, 0.2) is 47.7 Å². The topological polar surface area (TPSA) is 112 Å². The predicted octanol–water partition coefficient (Wildman–Crippen LogP) is 4.85. The van der Waals surface area contributed by atoms with Crippen molar-refractivity contribution >= 4 is 17.5 Å². The van der Waals surface area contributed by atoms with Crippen molar-refractivity contribution in [3.8, 4) is 22.8 Å². The van der Waals surface area contributed by atoms with E-state index in [1.165, 1.54) is 6.92 Å². The maximum absolute atomic E-state index is 14.1. The SMILES string of the molecule is CC(=O)NC(C)(C)c1nccc(-c2cc3c(cn2)CCCCc2cc(OCc4ncc(F)cc4F)c(Cl)c(=O)n2-3)n1. The highest BCUT2D eigenvalue weighted by Gasteiger charge is 2.26. The number of aromatic nitrogens is 5. The lowest BCUT2D eigenvalue weighted by atomic mass is 10.0. The Morgan fingerprint density at radius 3 is 2.63 bits per heavy atom. The summed E-state index contributed by atoms with van der Waals surface area (Å²) in [5, 5.41) is 2.66. The van der Waals surface area contributed by atoms with E-state index in [0.717, 1.165) is 24.6 Å². The van der Waals surface area contributed by atoms with Gasteiger partial charge in [-0.3, -0.25) is 24.1 Å². The van der Waals surface area contributed by atoms with E-state index >= 15 is 0 Å². The van der Waals surface area contributed by atoms with E-state index in [-0.39, 0.29) is 29.0 Å². The van der Waals surface area contributed by atoms with Crippen molar-refractivity contribution in [2.24, 2.45) is 0 Å². The molecule has 0 aromatic carbocycles. The van der Waals surface area contributed by atoms with Crippen LogP contribution in [0, 0.1) is 11.6 Å². The van der Waals surface area contributed by atoms with Crippen molar-refractivity contribution in [3.63, 3.8) is 0 Å². The van der Waals surface area contributed by atoms with Crippen molar-refractivity contribution in [1.29, 1.82) is 0 Å². The molecule has 0 radical (unpaired) electrons. The zero-order valence-electron chi connectivity index (χ0n) is 22.7. The molecule has 4 aromatic heterocycles. The number of aryl methyl sites for hydroxylation is 2. The van der Waals surface area contributed by atoms with Gasteiger partial charge in [-0.2, -0.15) is 0 Å². The zero-order valence-corrected chi connectivity index (χ0v) is 23.4. The maximum atomic E-state index is 14.1. The molecule has 0 bridgehead atoms. The molecule has 0 atom stereocenters. The molecule has 9 nitrogen and oxygen atoms in total. The van der Waals surface area contributed by atoms with E-state index in [0.29, 0.717) is 47.5 Å². The molecule has 0 saturated heterocycles. The minimum atomic E-state index is -0.855. The second-order valence-corrected chi connectivity index (χ2v) is 10.7. The van der Waals surface area contributed by atoms with Gasteiger partial charge in [0.15, 0.2) is 11.6 Å². The smallest absolute Gasteiger partial charge is 0.277 e. The van der Waals surface area contributed by atoms with Crippen LogP contribution < -0.4 is 15.6 Å². The molecule has 212 valence electrons. The largest absolute Gasteiger partial charge is 0.485 e. The molecular formula is C29H27ClF2N6O3. The van der Waals surface area contributed by atoms with Crippen LogP contribution in [-0.4, -0.2) is 30.4 Å². The molecule has 0 unspecified atom stereocenters. The summed E-state index contributed by atoms with van der Waals surface area (Å²) in [6, 6.07) is 5.88. The van der Waals surface area contributed by atoms with Crippen molar-refractivity contribution in [2.45, 2.75) is 58.6 Å². The standard InChI is InChI=1S/C29H27ClF2N6O3/c1-16(39)37-29(2,3)28-33-9-8-21(36-28)22-12-24-17(13-34-22)6-4-5-7-19-11-25(26(30)27(40)38(19)24)41-15-23-20(32)10-18(31)14-35-23/h8-14H,4-7,15H2,1-3H3,(H,37,39). The Morgan fingerprint density at radius 2 is 1.88 bits per heavy atom. The van der Waals surface area contributed by atoms with Crippen LogP contribution >= 0.6 is 11.6 Å². The molecule has 4 aromatic rings. The van der Waals surface area contributed by atoms with Crippen LogP contribution in [0.5, 0.6) is 5.75 Å². The summed E-state index contributed by atoms with van der Waals surface area (Å²) in [5.74, 6) is -1.37. The van der Waals surface area contributed by atoms with Gasteiger partial charge in [0.05, 0.1) is 28.8 Å². The molecule has 12 heteroatoms. The van der Waals surface area contributed by atoms with E-state index in [4.69, 9.17) is 16.3 Å². The van der Waals surface area contributed by atoms with Crippen molar-refractivity contribution < 1.29 is 18.3 Å². The van der Waals surface area contributed by atoms with Gasteiger partial charge in [0.25, 0.3) is 5.56 Å². The van der Waals surface area contributed by atoms with Gasteiger partial charge in [0, 0.05) is 37.1 Å². The lowest BCUT2D eigenvalue weighted by Crippen LogP contribution is -2.41. The van der Waals surface area contributed by atoms with E-state index in [1.54, 1.807) is 49.0 Å². The zero-order chi connectivity index (χ0) is 29.3. The third-order valence-electron chi connectivity index (χ3n) is 6.74. The first kappa shape index (κ1) is 28.3. The summed E-state index contributed by atoms with van der Waals surface area (Å²) in [4.78, 5) is 42.7. The first-order valence-electron chi connectivity index (χ1n) is 13.0. The van der Waals surface area contributed by atoms with E-state index in [9.17, 15) is 18.4 Å². The second-order valence-electron chi connectivity index (χ2n) is 10.3. The minimum Gasteiger partial charge on any atom is -0.485 e. The number of hydrogen-bond acceptors (Lipinski definition) is 7. The van der Waals surface area contributed by atoms with Crippen LogP contribution in [0.3, 0.4) is 0 Å². The van der Waals surface area contributed by atoms with Crippen LogP contribution in [-0.2, 0) is 29.8 Å². The number of ether oxygens (including phenoxy) is 1. The van der Waals surface area contributed by atoms with Crippen molar-refractivity contribution in [3.05, 3.63) is 92.6 Å². The van der Waals surface area contributed by atoms with Gasteiger partial charge >= 0.3 is 0 Å². The van der Waals surface area contributed by atoms with Crippen LogP contribution in [0.4, 0.5) is 8.78 Å². The molecule has 5 rings (SSSR count).